The summed E-state index contributed by atoms with van der Waals surface area (Å²) in [5.74, 6) is 0.107. The molecule has 5 heteroatoms. The number of carbonyl (C=O) groups excluding carboxylic acids is 2. The Balaban J connectivity index is 1.91. The van der Waals surface area contributed by atoms with Crippen LogP contribution < -0.4 is 4.90 Å². The summed E-state index contributed by atoms with van der Waals surface area (Å²) in [7, 11) is 0. The molecule has 1 heterocycles. The van der Waals surface area contributed by atoms with E-state index in [1.165, 1.54) is 0 Å². The van der Waals surface area contributed by atoms with Crippen LogP contribution >= 0.6 is 0 Å². The Morgan fingerprint density at radius 3 is 2.03 bits per heavy atom. The number of hydrogen-bond donors (Lipinski definition) is 0. The van der Waals surface area contributed by atoms with Gasteiger partial charge in [0.2, 0.25) is 5.91 Å². The van der Waals surface area contributed by atoms with Gasteiger partial charge in [0.15, 0.2) is 0 Å². The SMILES string of the molecule is CCCN(C(=O)C1(c2ccccc2)CCN(C(=O)OC(C)(C)C)CC1)c1ccccc1. The first kappa shape index (κ1) is 22.9. The molecule has 166 valence electrons. The highest BCUT2D eigenvalue weighted by atomic mass is 16.6. The maximum atomic E-state index is 14.1. The van der Waals surface area contributed by atoms with Crippen LogP contribution in [0, 0.1) is 0 Å². The lowest BCUT2D eigenvalue weighted by Crippen LogP contribution is -2.54. The Bertz CT molecular complexity index is 867. The zero-order valence-electron chi connectivity index (χ0n) is 19.1. The lowest BCUT2D eigenvalue weighted by atomic mass is 9.71. The first-order valence-corrected chi connectivity index (χ1v) is 11.2. The molecule has 0 saturated carbocycles. The molecule has 1 aliphatic rings. The minimum atomic E-state index is -0.662. The fraction of sp³-hybridized carbons (Fsp3) is 0.462. The maximum Gasteiger partial charge on any atom is 0.410 e. The van der Waals surface area contributed by atoms with Crippen molar-refractivity contribution in [2.45, 2.75) is 58.0 Å². The lowest BCUT2D eigenvalue weighted by Gasteiger charge is -2.43. The van der Waals surface area contributed by atoms with Crippen LogP contribution in [0.25, 0.3) is 0 Å². The molecule has 2 aromatic rings. The predicted octanol–water partition coefficient (Wildman–Crippen LogP) is 5.40. The summed E-state index contributed by atoms with van der Waals surface area (Å²) >= 11 is 0. The van der Waals surface area contributed by atoms with Crippen molar-refractivity contribution >= 4 is 17.7 Å². The van der Waals surface area contributed by atoms with Crippen LogP contribution in [0.4, 0.5) is 10.5 Å². The summed E-state index contributed by atoms with van der Waals surface area (Å²) in [5.41, 5.74) is 0.733. The van der Waals surface area contributed by atoms with Gasteiger partial charge < -0.3 is 14.5 Å². The Morgan fingerprint density at radius 1 is 0.968 bits per heavy atom. The Hall–Kier alpha value is -2.82. The third kappa shape index (κ3) is 5.27. The molecule has 0 radical (unpaired) electrons. The van der Waals surface area contributed by atoms with Gasteiger partial charge in [0.1, 0.15) is 5.60 Å². The lowest BCUT2D eigenvalue weighted by molar-refractivity contribution is -0.126. The molecular formula is C26H34N2O3. The highest BCUT2D eigenvalue weighted by molar-refractivity contribution is 6.01. The van der Waals surface area contributed by atoms with Gasteiger partial charge >= 0.3 is 6.09 Å². The second-order valence-electron chi connectivity index (χ2n) is 9.21. The zero-order chi connectivity index (χ0) is 22.5. The van der Waals surface area contributed by atoms with Crippen molar-refractivity contribution in [2.24, 2.45) is 0 Å². The summed E-state index contributed by atoms with van der Waals surface area (Å²) in [6.07, 6.45) is 1.70. The van der Waals surface area contributed by atoms with E-state index in [0.29, 0.717) is 32.5 Å². The maximum absolute atomic E-state index is 14.1. The molecule has 0 bridgehead atoms. The van der Waals surface area contributed by atoms with E-state index in [2.05, 4.69) is 6.92 Å². The molecule has 2 amide bonds. The molecule has 0 aliphatic carbocycles. The molecule has 0 atom stereocenters. The van der Waals surface area contributed by atoms with Gasteiger partial charge in [0.25, 0.3) is 0 Å². The number of para-hydroxylation sites is 1. The monoisotopic (exact) mass is 422 g/mol. The number of anilines is 1. The Labute approximate surface area is 186 Å². The van der Waals surface area contributed by atoms with Crippen LogP contribution in [-0.4, -0.2) is 42.1 Å². The largest absolute Gasteiger partial charge is 0.444 e. The number of piperidine rings is 1. The quantitative estimate of drug-likeness (QED) is 0.648. The summed E-state index contributed by atoms with van der Waals surface area (Å²) in [6, 6.07) is 19.9. The molecule has 1 fully saturated rings. The minimum absolute atomic E-state index is 0.107. The molecule has 0 spiro atoms. The van der Waals surface area contributed by atoms with Crippen LogP contribution in [-0.2, 0) is 14.9 Å². The van der Waals surface area contributed by atoms with Gasteiger partial charge in [-0.05, 0) is 57.7 Å². The highest BCUT2D eigenvalue weighted by Crippen LogP contribution is 2.39. The van der Waals surface area contributed by atoms with Crippen molar-refractivity contribution in [1.82, 2.24) is 4.90 Å². The molecule has 31 heavy (non-hydrogen) atoms. The van der Waals surface area contributed by atoms with Gasteiger partial charge in [-0.1, -0.05) is 55.5 Å². The Kier molecular flexibility index (Phi) is 7.04. The van der Waals surface area contributed by atoms with Gasteiger partial charge in [0.05, 0.1) is 5.41 Å². The molecular weight excluding hydrogens is 388 g/mol. The van der Waals surface area contributed by atoms with Crippen LogP contribution in [0.1, 0.15) is 52.5 Å². The standard InChI is InChI=1S/C26H34N2O3/c1-5-18-28(22-14-10-7-11-15-22)23(29)26(21-12-8-6-9-13-21)16-19-27(20-17-26)24(30)31-25(2,3)4/h6-15H,5,16-20H2,1-4H3. The number of carbonyl (C=O) groups is 2. The first-order valence-electron chi connectivity index (χ1n) is 11.2. The molecule has 0 aromatic heterocycles. The molecule has 2 aromatic carbocycles. The van der Waals surface area contributed by atoms with E-state index in [-0.39, 0.29) is 12.0 Å². The van der Waals surface area contributed by atoms with Crippen LogP contribution in [0.2, 0.25) is 0 Å². The van der Waals surface area contributed by atoms with E-state index in [9.17, 15) is 9.59 Å². The summed E-state index contributed by atoms with van der Waals surface area (Å²) in [6.45, 7) is 9.34. The van der Waals surface area contributed by atoms with E-state index < -0.39 is 11.0 Å². The molecule has 1 saturated heterocycles. The number of rotatable bonds is 5. The fourth-order valence-corrected chi connectivity index (χ4v) is 4.22. The van der Waals surface area contributed by atoms with Gasteiger partial charge in [-0.25, -0.2) is 4.79 Å². The van der Waals surface area contributed by atoms with Crippen molar-refractivity contribution in [3.05, 3.63) is 66.2 Å². The van der Waals surface area contributed by atoms with Gasteiger partial charge in [-0.15, -0.1) is 0 Å². The topological polar surface area (TPSA) is 49.9 Å². The summed E-state index contributed by atoms with van der Waals surface area (Å²) in [4.78, 5) is 30.3. The molecule has 3 rings (SSSR count). The average Bonchev–Trinajstić information content (AvgIpc) is 2.77. The van der Waals surface area contributed by atoms with Crippen molar-refractivity contribution < 1.29 is 14.3 Å². The smallest absolute Gasteiger partial charge is 0.410 e. The van der Waals surface area contributed by atoms with Gasteiger partial charge in [-0.2, -0.15) is 0 Å². The molecule has 1 aliphatic heterocycles. The number of benzene rings is 2. The third-order valence-electron chi connectivity index (χ3n) is 5.76. The minimum Gasteiger partial charge on any atom is -0.444 e. The summed E-state index contributed by atoms with van der Waals surface area (Å²) in [5, 5.41) is 0. The number of likely N-dealkylation sites (tertiary alicyclic amines) is 1. The van der Waals surface area contributed by atoms with E-state index in [0.717, 1.165) is 17.7 Å². The van der Waals surface area contributed by atoms with Crippen molar-refractivity contribution in [1.29, 1.82) is 0 Å². The summed E-state index contributed by atoms with van der Waals surface area (Å²) < 4.78 is 5.56. The second kappa shape index (κ2) is 9.54. The molecule has 0 unspecified atom stereocenters. The average molecular weight is 423 g/mol. The van der Waals surface area contributed by atoms with E-state index in [1.54, 1.807) is 4.90 Å². The van der Waals surface area contributed by atoms with E-state index in [1.807, 2.05) is 86.3 Å². The second-order valence-corrected chi connectivity index (χ2v) is 9.21. The third-order valence-corrected chi connectivity index (χ3v) is 5.76. The zero-order valence-corrected chi connectivity index (χ0v) is 19.1. The number of hydrogen-bond acceptors (Lipinski definition) is 3. The van der Waals surface area contributed by atoms with Crippen LogP contribution in [0.3, 0.4) is 0 Å². The normalized spacial score (nSPS) is 15.9. The van der Waals surface area contributed by atoms with Crippen molar-refractivity contribution in [3.8, 4) is 0 Å². The van der Waals surface area contributed by atoms with Gasteiger partial charge in [0, 0.05) is 25.3 Å². The van der Waals surface area contributed by atoms with Gasteiger partial charge in [-0.3, -0.25) is 4.79 Å². The highest BCUT2D eigenvalue weighted by Gasteiger charge is 2.46. The van der Waals surface area contributed by atoms with E-state index in [4.69, 9.17) is 4.74 Å². The fourth-order valence-electron chi connectivity index (χ4n) is 4.22. The van der Waals surface area contributed by atoms with E-state index >= 15 is 0 Å². The number of nitrogens with zero attached hydrogens (tertiary/aromatic N) is 2. The molecule has 5 nitrogen and oxygen atoms in total. The Morgan fingerprint density at radius 2 is 1.52 bits per heavy atom. The number of amides is 2. The predicted molar refractivity (Wildman–Crippen MR) is 124 cm³/mol. The van der Waals surface area contributed by atoms with Crippen molar-refractivity contribution in [2.75, 3.05) is 24.5 Å². The number of ether oxygens (including phenoxy) is 1. The first-order chi connectivity index (χ1) is 14.8. The van der Waals surface area contributed by atoms with Crippen LogP contribution in [0.15, 0.2) is 60.7 Å². The molecule has 0 N–H and O–H groups in total. The van der Waals surface area contributed by atoms with Crippen LogP contribution in [0.5, 0.6) is 0 Å². The van der Waals surface area contributed by atoms with Crippen molar-refractivity contribution in [3.63, 3.8) is 0 Å².